The van der Waals surface area contributed by atoms with Crippen molar-refractivity contribution in [1.29, 1.82) is 0 Å². The maximum absolute atomic E-state index is 12.2. The Morgan fingerprint density at radius 3 is 2.56 bits per heavy atom. The number of nitrogens with one attached hydrogen (secondary N) is 3. The van der Waals surface area contributed by atoms with E-state index in [1.54, 1.807) is 19.4 Å². The molecule has 1 atom stereocenters. The van der Waals surface area contributed by atoms with Gasteiger partial charge in [-0.05, 0) is 62.7 Å². The minimum absolute atomic E-state index is 0.0486. The Kier molecular flexibility index (Phi) is 9.43. The number of hydrogen-bond acceptors (Lipinski definition) is 5. The highest BCUT2D eigenvalue weighted by molar-refractivity contribution is 5.84. The van der Waals surface area contributed by atoms with Crippen molar-refractivity contribution < 1.29 is 13.9 Å². The van der Waals surface area contributed by atoms with E-state index in [4.69, 9.17) is 9.15 Å². The lowest BCUT2D eigenvalue weighted by molar-refractivity contribution is -0.119. The summed E-state index contributed by atoms with van der Waals surface area (Å²) < 4.78 is 10.6. The van der Waals surface area contributed by atoms with Gasteiger partial charge in [-0.3, -0.25) is 9.69 Å². The Labute approximate surface area is 190 Å². The van der Waals surface area contributed by atoms with Gasteiger partial charge in [-0.2, -0.15) is 0 Å². The van der Waals surface area contributed by atoms with Gasteiger partial charge >= 0.3 is 0 Å². The number of carbonyl (C=O) groups is 1. The molecule has 2 heterocycles. The zero-order valence-corrected chi connectivity index (χ0v) is 19.1. The van der Waals surface area contributed by atoms with Gasteiger partial charge in [0.1, 0.15) is 18.1 Å². The molecule has 1 saturated heterocycles. The van der Waals surface area contributed by atoms with Crippen LogP contribution in [0.25, 0.3) is 0 Å². The zero-order valence-electron chi connectivity index (χ0n) is 19.1. The summed E-state index contributed by atoms with van der Waals surface area (Å²) in [5.74, 6) is 2.06. The summed E-state index contributed by atoms with van der Waals surface area (Å²) in [5, 5.41) is 9.50. The topological polar surface area (TPSA) is 91.1 Å². The van der Waals surface area contributed by atoms with Gasteiger partial charge in [0, 0.05) is 13.1 Å². The fourth-order valence-corrected chi connectivity index (χ4v) is 3.85. The first kappa shape index (κ1) is 23.7. The van der Waals surface area contributed by atoms with Crippen LogP contribution in [0.1, 0.15) is 43.6 Å². The molecule has 1 aromatic carbocycles. The Morgan fingerprint density at radius 1 is 1.12 bits per heavy atom. The van der Waals surface area contributed by atoms with Crippen LogP contribution in [-0.2, 0) is 11.3 Å². The standard InChI is InChI=1S/C24H35N5O3/c1-3-25-24(28-18-23(30)26-16-21-8-7-15-32-21)27-17-22(29-13-5-4-6-14-29)19-9-11-20(31-2)12-10-19/h7-12,15,22H,3-6,13-14,16-18H2,1-2H3,(H,26,30)(H2,25,27,28). The van der Waals surface area contributed by atoms with Crippen molar-refractivity contribution in [2.45, 2.75) is 38.8 Å². The molecule has 1 unspecified atom stereocenters. The van der Waals surface area contributed by atoms with Crippen LogP contribution in [0.3, 0.4) is 0 Å². The predicted octanol–water partition coefficient (Wildman–Crippen LogP) is 2.69. The Morgan fingerprint density at radius 2 is 1.91 bits per heavy atom. The lowest BCUT2D eigenvalue weighted by Crippen LogP contribution is -2.44. The number of rotatable bonds is 10. The molecule has 1 aliphatic heterocycles. The molecule has 3 N–H and O–H groups in total. The summed E-state index contributed by atoms with van der Waals surface area (Å²) >= 11 is 0. The quantitative estimate of drug-likeness (QED) is 0.388. The number of nitrogens with zero attached hydrogens (tertiary/aromatic N) is 2. The monoisotopic (exact) mass is 441 g/mol. The van der Waals surface area contributed by atoms with E-state index in [0.717, 1.165) is 31.1 Å². The summed E-state index contributed by atoms with van der Waals surface area (Å²) in [6.45, 7) is 6.01. The van der Waals surface area contributed by atoms with E-state index in [-0.39, 0.29) is 18.5 Å². The maximum Gasteiger partial charge on any atom is 0.242 e. The molecule has 1 aliphatic rings. The molecule has 0 spiro atoms. The van der Waals surface area contributed by atoms with Gasteiger partial charge in [0.05, 0.1) is 26.0 Å². The number of benzene rings is 1. The van der Waals surface area contributed by atoms with Crippen molar-refractivity contribution in [1.82, 2.24) is 20.9 Å². The SMILES string of the molecule is CCNC(=NCC(=O)NCc1ccco1)NCC(c1ccc(OC)cc1)N1CCCCC1. The number of likely N-dealkylation sites (tertiary alicyclic amines) is 1. The number of aliphatic imine (C=N–C) groups is 1. The van der Waals surface area contributed by atoms with Crippen molar-refractivity contribution in [2.24, 2.45) is 4.99 Å². The molecule has 32 heavy (non-hydrogen) atoms. The molecule has 0 aliphatic carbocycles. The van der Waals surface area contributed by atoms with Crippen LogP contribution in [0.5, 0.6) is 5.75 Å². The van der Waals surface area contributed by atoms with E-state index in [0.29, 0.717) is 19.0 Å². The van der Waals surface area contributed by atoms with Gasteiger partial charge in [0.25, 0.3) is 0 Å². The van der Waals surface area contributed by atoms with Gasteiger partial charge in [0.15, 0.2) is 5.96 Å². The van der Waals surface area contributed by atoms with Gasteiger partial charge in [-0.1, -0.05) is 18.6 Å². The number of carbonyl (C=O) groups excluding carboxylic acids is 1. The number of methoxy groups -OCH3 is 1. The highest BCUT2D eigenvalue weighted by Gasteiger charge is 2.22. The lowest BCUT2D eigenvalue weighted by Gasteiger charge is -2.35. The lowest BCUT2D eigenvalue weighted by atomic mass is 10.0. The van der Waals surface area contributed by atoms with Crippen molar-refractivity contribution >= 4 is 11.9 Å². The molecule has 0 radical (unpaired) electrons. The maximum atomic E-state index is 12.2. The number of piperidine rings is 1. The highest BCUT2D eigenvalue weighted by atomic mass is 16.5. The fraction of sp³-hybridized carbons (Fsp3) is 0.500. The van der Waals surface area contributed by atoms with Gasteiger partial charge in [0.2, 0.25) is 5.91 Å². The molecule has 1 fully saturated rings. The number of ether oxygens (including phenoxy) is 1. The predicted molar refractivity (Wildman–Crippen MR) is 126 cm³/mol. The second-order valence-corrected chi connectivity index (χ2v) is 7.82. The molecule has 8 heteroatoms. The van der Waals surface area contributed by atoms with Crippen LogP contribution < -0.4 is 20.7 Å². The van der Waals surface area contributed by atoms with Crippen LogP contribution in [0.2, 0.25) is 0 Å². The third kappa shape index (κ3) is 7.30. The molecule has 0 bridgehead atoms. The van der Waals surface area contributed by atoms with Crippen molar-refractivity contribution in [3.05, 3.63) is 54.0 Å². The number of amides is 1. The van der Waals surface area contributed by atoms with E-state index in [2.05, 4.69) is 38.0 Å². The average Bonchev–Trinajstić information content (AvgIpc) is 3.36. The van der Waals surface area contributed by atoms with Crippen LogP contribution in [0.15, 0.2) is 52.1 Å². The number of hydrogen-bond donors (Lipinski definition) is 3. The molecule has 8 nitrogen and oxygen atoms in total. The average molecular weight is 442 g/mol. The minimum Gasteiger partial charge on any atom is -0.497 e. The van der Waals surface area contributed by atoms with E-state index in [1.165, 1.54) is 24.8 Å². The smallest absolute Gasteiger partial charge is 0.242 e. The van der Waals surface area contributed by atoms with Crippen molar-refractivity contribution in [2.75, 3.05) is 39.8 Å². The highest BCUT2D eigenvalue weighted by Crippen LogP contribution is 2.25. The molecular formula is C24H35N5O3. The first-order chi connectivity index (χ1) is 15.7. The zero-order chi connectivity index (χ0) is 22.6. The summed E-state index contributed by atoms with van der Waals surface area (Å²) in [7, 11) is 1.68. The summed E-state index contributed by atoms with van der Waals surface area (Å²) in [4.78, 5) is 19.2. The molecule has 1 amide bonds. The summed E-state index contributed by atoms with van der Waals surface area (Å²) in [6.07, 6.45) is 5.32. The van der Waals surface area contributed by atoms with E-state index < -0.39 is 0 Å². The first-order valence-electron chi connectivity index (χ1n) is 11.4. The Bertz CT molecular complexity index is 830. The van der Waals surface area contributed by atoms with E-state index in [1.807, 2.05) is 25.1 Å². The van der Waals surface area contributed by atoms with E-state index >= 15 is 0 Å². The Balaban J connectivity index is 1.61. The minimum atomic E-state index is -0.152. The summed E-state index contributed by atoms with van der Waals surface area (Å²) in [5.41, 5.74) is 1.24. The van der Waals surface area contributed by atoms with Gasteiger partial charge in [-0.15, -0.1) is 0 Å². The number of furan rings is 1. The Hall–Kier alpha value is -3.00. The van der Waals surface area contributed by atoms with Crippen LogP contribution in [0.4, 0.5) is 0 Å². The van der Waals surface area contributed by atoms with Crippen molar-refractivity contribution in [3.63, 3.8) is 0 Å². The first-order valence-corrected chi connectivity index (χ1v) is 11.4. The summed E-state index contributed by atoms with van der Waals surface area (Å²) in [6, 6.07) is 12.1. The van der Waals surface area contributed by atoms with Crippen LogP contribution >= 0.6 is 0 Å². The van der Waals surface area contributed by atoms with Crippen LogP contribution in [-0.4, -0.2) is 56.6 Å². The molecule has 2 aromatic rings. The van der Waals surface area contributed by atoms with E-state index in [9.17, 15) is 4.79 Å². The third-order valence-corrected chi connectivity index (χ3v) is 5.56. The fourth-order valence-electron chi connectivity index (χ4n) is 3.85. The molecule has 3 rings (SSSR count). The second-order valence-electron chi connectivity index (χ2n) is 7.82. The second kappa shape index (κ2) is 12.8. The molecule has 174 valence electrons. The van der Waals surface area contributed by atoms with Gasteiger partial charge in [-0.25, -0.2) is 4.99 Å². The van der Waals surface area contributed by atoms with Crippen molar-refractivity contribution in [3.8, 4) is 5.75 Å². The normalized spacial score (nSPS) is 15.8. The largest absolute Gasteiger partial charge is 0.497 e. The molecular weight excluding hydrogens is 406 g/mol. The molecule has 1 aromatic heterocycles. The number of guanidine groups is 1. The third-order valence-electron chi connectivity index (χ3n) is 5.56. The van der Waals surface area contributed by atoms with Crippen LogP contribution in [0, 0.1) is 0 Å². The molecule has 0 saturated carbocycles. The van der Waals surface area contributed by atoms with Gasteiger partial charge < -0.3 is 25.1 Å².